The maximum Gasteiger partial charge on any atom is 0.407 e. The van der Waals surface area contributed by atoms with Gasteiger partial charge in [0.1, 0.15) is 5.60 Å². The number of amides is 1. The highest BCUT2D eigenvalue weighted by Crippen LogP contribution is 2.31. The highest BCUT2D eigenvalue weighted by atomic mass is 16.6. The summed E-state index contributed by atoms with van der Waals surface area (Å²) >= 11 is 0. The van der Waals surface area contributed by atoms with E-state index in [4.69, 9.17) is 4.74 Å². The summed E-state index contributed by atoms with van der Waals surface area (Å²) in [7, 11) is 0. The molecule has 1 saturated heterocycles. The van der Waals surface area contributed by atoms with E-state index in [9.17, 15) is 4.79 Å². The van der Waals surface area contributed by atoms with Crippen molar-refractivity contribution in [2.24, 2.45) is 5.92 Å². The second-order valence-corrected chi connectivity index (χ2v) is 6.55. The molecule has 0 radical (unpaired) electrons. The minimum Gasteiger partial charge on any atom is -0.444 e. The lowest BCUT2D eigenvalue weighted by atomic mass is 9.76. The van der Waals surface area contributed by atoms with E-state index < -0.39 is 5.60 Å². The van der Waals surface area contributed by atoms with Gasteiger partial charge in [-0.1, -0.05) is 0 Å². The molecule has 1 aliphatic carbocycles. The number of hydrogen-bond acceptors (Lipinski definition) is 3. The van der Waals surface area contributed by atoms with Crippen LogP contribution in [0.25, 0.3) is 0 Å². The lowest BCUT2D eigenvalue weighted by Gasteiger charge is -2.42. The van der Waals surface area contributed by atoms with E-state index in [1.165, 1.54) is 25.7 Å². The van der Waals surface area contributed by atoms with Crippen LogP contribution >= 0.6 is 0 Å². The zero-order chi connectivity index (χ0) is 13.2. The molecule has 2 fully saturated rings. The number of ether oxygens (including phenoxy) is 1. The maximum absolute atomic E-state index is 11.8. The lowest BCUT2D eigenvalue weighted by molar-refractivity contribution is 0.0440. The number of carbonyl (C=O) groups is 1. The van der Waals surface area contributed by atoms with Gasteiger partial charge in [0.15, 0.2) is 0 Å². The van der Waals surface area contributed by atoms with Crippen molar-refractivity contribution >= 4 is 6.09 Å². The van der Waals surface area contributed by atoms with Crippen LogP contribution in [0, 0.1) is 5.92 Å². The van der Waals surface area contributed by atoms with E-state index >= 15 is 0 Å². The molecule has 4 heteroatoms. The molecule has 2 rings (SSSR count). The first-order valence-electron chi connectivity index (χ1n) is 7.18. The Bertz CT molecular complexity index is 297. The van der Waals surface area contributed by atoms with Crippen molar-refractivity contribution in [2.45, 2.75) is 70.6 Å². The van der Waals surface area contributed by atoms with Gasteiger partial charge in [-0.3, -0.25) is 0 Å². The number of fused-ring (bicyclic) bond motifs is 1. The lowest BCUT2D eigenvalue weighted by Crippen LogP contribution is -2.54. The Morgan fingerprint density at radius 2 is 2.00 bits per heavy atom. The van der Waals surface area contributed by atoms with E-state index in [0.29, 0.717) is 12.0 Å². The Morgan fingerprint density at radius 1 is 1.22 bits per heavy atom. The first-order chi connectivity index (χ1) is 8.46. The average molecular weight is 254 g/mol. The van der Waals surface area contributed by atoms with Crippen LogP contribution in [0.4, 0.5) is 4.79 Å². The summed E-state index contributed by atoms with van der Waals surface area (Å²) in [6.45, 7) is 6.83. The van der Waals surface area contributed by atoms with Crippen LogP contribution in [0.2, 0.25) is 0 Å². The molecular weight excluding hydrogens is 228 g/mol. The zero-order valence-corrected chi connectivity index (χ0v) is 11.8. The molecule has 18 heavy (non-hydrogen) atoms. The first kappa shape index (κ1) is 13.7. The molecule has 0 aromatic heterocycles. The third-order valence-electron chi connectivity index (χ3n) is 3.89. The Morgan fingerprint density at radius 3 is 2.72 bits per heavy atom. The highest BCUT2D eigenvalue weighted by Gasteiger charge is 2.36. The molecule has 0 unspecified atom stereocenters. The Balaban J connectivity index is 1.89. The second-order valence-electron chi connectivity index (χ2n) is 6.55. The standard InChI is InChI=1S/C14H26N2O2/c1-14(2,3)18-13(17)16-12-8-4-7-11-10(12)6-5-9-15-11/h10-12,15H,4-9H2,1-3H3,(H,16,17)/t10-,11-,12-/m0/s1. The van der Waals surface area contributed by atoms with Crippen molar-refractivity contribution in [3.63, 3.8) is 0 Å². The minimum absolute atomic E-state index is 0.265. The van der Waals surface area contributed by atoms with E-state index in [-0.39, 0.29) is 12.1 Å². The van der Waals surface area contributed by atoms with Crippen molar-refractivity contribution in [3.8, 4) is 0 Å². The van der Waals surface area contributed by atoms with E-state index in [1.54, 1.807) is 0 Å². The van der Waals surface area contributed by atoms with Crippen molar-refractivity contribution in [1.82, 2.24) is 10.6 Å². The summed E-state index contributed by atoms with van der Waals surface area (Å²) in [5, 5.41) is 6.65. The first-order valence-corrected chi connectivity index (χ1v) is 7.18. The van der Waals surface area contributed by atoms with E-state index in [0.717, 1.165) is 13.0 Å². The summed E-state index contributed by atoms with van der Waals surface area (Å²) in [5.41, 5.74) is -0.414. The summed E-state index contributed by atoms with van der Waals surface area (Å²) in [6, 6.07) is 0.874. The molecule has 0 aromatic rings. The molecule has 2 aliphatic rings. The van der Waals surface area contributed by atoms with Gasteiger partial charge in [-0.15, -0.1) is 0 Å². The molecule has 0 spiro atoms. The number of nitrogens with one attached hydrogen (secondary N) is 2. The maximum atomic E-state index is 11.8. The fraction of sp³-hybridized carbons (Fsp3) is 0.929. The van der Waals surface area contributed by atoms with Gasteiger partial charge in [0.2, 0.25) is 0 Å². The van der Waals surface area contributed by atoms with Crippen LogP contribution in [-0.2, 0) is 4.74 Å². The molecule has 4 nitrogen and oxygen atoms in total. The molecule has 1 amide bonds. The monoisotopic (exact) mass is 254 g/mol. The summed E-state index contributed by atoms with van der Waals surface area (Å²) in [4.78, 5) is 11.8. The average Bonchev–Trinajstić information content (AvgIpc) is 2.27. The zero-order valence-electron chi connectivity index (χ0n) is 11.8. The molecule has 1 saturated carbocycles. The fourth-order valence-corrected chi connectivity index (χ4v) is 3.19. The van der Waals surface area contributed by atoms with Crippen molar-refractivity contribution in [1.29, 1.82) is 0 Å². The molecular formula is C14H26N2O2. The van der Waals surface area contributed by atoms with E-state index in [1.807, 2.05) is 20.8 Å². The molecule has 104 valence electrons. The van der Waals surface area contributed by atoms with Crippen LogP contribution in [0.3, 0.4) is 0 Å². The van der Waals surface area contributed by atoms with Crippen LogP contribution in [0.5, 0.6) is 0 Å². The highest BCUT2D eigenvalue weighted by molar-refractivity contribution is 5.68. The topological polar surface area (TPSA) is 50.4 Å². The third-order valence-corrected chi connectivity index (χ3v) is 3.89. The summed E-state index contributed by atoms with van der Waals surface area (Å²) < 4.78 is 5.35. The SMILES string of the molecule is CC(C)(C)OC(=O)N[C@H]1CCC[C@@H]2NCCC[C@@H]21. The molecule has 1 heterocycles. The molecule has 0 aromatic carbocycles. The van der Waals surface area contributed by atoms with Gasteiger partial charge < -0.3 is 15.4 Å². The number of alkyl carbamates (subject to hydrolysis) is 1. The Hall–Kier alpha value is -0.770. The van der Waals surface area contributed by atoms with Crippen LogP contribution in [0.1, 0.15) is 52.9 Å². The largest absolute Gasteiger partial charge is 0.444 e. The van der Waals surface area contributed by atoms with Crippen molar-refractivity contribution < 1.29 is 9.53 Å². The molecule has 2 N–H and O–H groups in total. The predicted molar refractivity (Wildman–Crippen MR) is 71.5 cm³/mol. The second kappa shape index (κ2) is 5.47. The van der Waals surface area contributed by atoms with Crippen LogP contribution in [-0.4, -0.2) is 30.3 Å². The van der Waals surface area contributed by atoms with E-state index in [2.05, 4.69) is 10.6 Å². The van der Waals surface area contributed by atoms with Gasteiger partial charge >= 0.3 is 6.09 Å². The molecule has 0 bridgehead atoms. The number of hydrogen-bond donors (Lipinski definition) is 2. The molecule has 3 atom stereocenters. The van der Waals surface area contributed by atoms with Crippen LogP contribution < -0.4 is 10.6 Å². The number of rotatable bonds is 1. The van der Waals surface area contributed by atoms with Gasteiger partial charge in [-0.05, 0) is 65.3 Å². The molecule has 1 aliphatic heterocycles. The number of piperidine rings is 1. The predicted octanol–water partition coefficient (Wildman–Crippen LogP) is 2.43. The quantitative estimate of drug-likeness (QED) is 0.755. The normalized spacial score (nSPS) is 32.5. The minimum atomic E-state index is -0.414. The van der Waals surface area contributed by atoms with Gasteiger partial charge in [-0.2, -0.15) is 0 Å². The fourth-order valence-electron chi connectivity index (χ4n) is 3.19. The Labute approximate surface area is 110 Å². The Kier molecular flexibility index (Phi) is 4.15. The summed E-state index contributed by atoms with van der Waals surface area (Å²) in [6.07, 6.45) is 5.69. The van der Waals surface area contributed by atoms with Crippen molar-refractivity contribution in [2.75, 3.05) is 6.54 Å². The van der Waals surface area contributed by atoms with Gasteiger partial charge in [0.25, 0.3) is 0 Å². The van der Waals surface area contributed by atoms with Gasteiger partial charge in [-0.25, -0.2) is 4.79 Å². The van der Waals surface area contributed by atoms with Crippen molar-refractivity contribution in [3.05, 3.63) is 0 Å². The number of carbonyl (C=O) groups excluding carboxylic acids is 1. The van der Waals surface area contributed by atoms with Crippen LogP contribution in [0.15, 0.2) is 0 Å². The smallest absolute Gasteiger partial charge is 0.407 e. The van der Waals surface area contributed by atoms with Gasteiger partial charge in [0.05, 0.1) is 0 Å². The summed E-state index contributed by atoms with van der Waals surface area (Å²) in [5.74, 6) is 0.583. The van der Waals surface area contributed by atoms with Gasteiger partial charge in [0, 0.05) is 12.1 Å². The third kappa shape index (κ3) is 3.61.